The van der Waals surface area contributed by atoms with Crippen LogP contribution in [-0.2, 0) is 27.5 Å². The second-order valence-corrected chi connectivity index (χ2v) is 30.1. The van der Waals surface area contributed by atoms with Gasteiger partial charge in [-0.3, -0.25) is 4.79 Å². The Morgan fingerprint density at radius 2 is 1.11 bits per heavy atom. The van der Waals surface area contributed by atoms with Gasteiger partial charge in [-0.05, 0) is 68.5 Å². The standard InChI is InChI=1S/C28H61NO6Si3/c1-26(2,3)36(12,13)33-23-21(20-31-22(30)18-19-29(10)11)32-25(35-38(16,17)28(7,8)9)24(23)34-37(14,15)27(4,5)6/h21,23-25H,18-20H2,1-17H3/t21-,23-,24-,25+/m1/s1. The molecular formula is C28H61NO6Si3. The van der Waals surface area contributed by atoms with E-state index in [9.17, 15) is 4.79 Å². The summed E-state index contributed by atoms with van der Waals surface area (Å²) in [5, 5.41) is 0.0109. The van der Waals surface area contributed by atoms with Crippen molar-refractivity contribution in [1.29, 1.82) is 0 Å². The van der Waals surface area contributed by atoms with Crippen molar-refractivity contribution < 1.29 is 27.5 Å². The molecule has 0 spiro atoms. The van der Waals surface area contributed by atoms with Gasteiger partial charge in [0.2, 0.25) is 0 Å². The molecule has 226 valence electrons. The van der Waals surface area contributed by atoms with Gasteiger partial charge < -0.3 is 27.7 Å². The molecule has 0 unspecified atom stereocenters. The highest BCUT2D eigenvalue weighted by atomic mass is 28.4. The zero-order valence-corrected chi connectivity index (χ0v) is 30.8. The molecule has 0 radical (unpaired) electrons. The van der Waals surface area contributed by atoms with Gasteiger partial charge in [0.1, 0.15) is 24.9 Å². The molecule has 10 heteroatoms. The molecule has 38 heavy (non-hydrogen) atoms. The molecule has 1 aliphatic heterocycles. The van der Waals surface area contributed by atoms with Crippen LogP contribution in [0.15, 0.2) is 0 Å². The first-order valence-electron chi connectivity index (χ1n) is 14.2. The molecule has 0 N–H and O–H groups in total. The Labute approximate surface area is 238 Å². The van der Waals surface area contributed by atoms with Gasteiger partial charge in [-0.1, -0.05) is 62.3 Å². The van der Waals surface area contributed by atoms with Crippen LogP contribution >= 0.6 is 0 Å². The predicted octanol–water partition coefficient (Wildman–Crippen LogP) is 7.01. The van der Waals surface area contributed by atoms with Crippen LogP contribution < -0.4 is 0 Å². The van der Waals surface area contributed by atoms with Crippen LogP contribution in [0.1, 0.15) is 68.7 Å². The molecule has 1 fully saturated rings. The van der Waals surface area contributed by atoms with Crippen LogP contribution in [0.4, 0.5) is 0 Å². The van der Waals surface area contributed by atoms with E-state index in [1.165, 1.54) is 0 Å². The lowest BCUT2D eigenvalue weighted by Crippen LogP contribution is -2.56. The van der Waals surface area contributed by atoms with Gasteiger partial charge in [0.15, 0.2) is 31.2 Å². The Morgan fingerprint density at radius 3 is 1.50 bits per heavy atom. The van der Waals surface area contributed by atoms with E-state index < -0.39 is 43.5 Å². The summed E-state index contributed by atoms with van der Waals surface area (Å²) in [6.45, 7) is 34.4. The number of hydrogen-bond acceptors (Lipinski definition) is 7. The summed E-state index contributed by atoms with van der Waals surface area (Å²) >= 11 is 0. The first-order valence-corrected chi connectivity index (χ1v) is 22.9. The lowest BCUT2D eigenvalue weighted by molar-refractivity contribution is -0.155. The van der Waals surface area contributed by atoms with Crippen LogP contribution in [0.3, 0.4) is 0 Å². The largest absolute Gasteiger partial charge is 0.463 e. The topological polar surface area (TPSA) is 66.5 Å². The maximum absolute atomic E-state index is 12.6. The smallest absolute Gasteiger partial charge is 0.307 e. The lowest BCUT2D eigenvalue weighted by atomic mass is 10.1. The average molecular weight is 592 g/mol. The van der Waals surface area contributed by atoms with Crippen molar-refractivity contribution in [1.82, 2.24) is 4.90 Å². The Morgan fingerprint density at radius 1 is 0.711 bits per heavy atom. The second kappa shape index (κ2) is 12.4. The first-order chi connectivity index (χ1) is 16.7. The van der Waals surface area contributed by atoms with E-state index in [-0.39, 0.29) is 33.8 Å². The maximum atomic E-state index is 12.6. The Bertz CT molecular complexity index is 781. The summed E-state index contributed by atoms with van der Waals surface area (Å²) in [6.07, 6.45) is -1.49. The van der Waals surface area contributed by atoms with Crippen LogP contribution in [0.25, 0.3) is 0 Å². The highest BCUT2D eigenvalue weighted by Gasteiger charge is 2.56. The number of rotatable bonds is 11. The number of hydrogen-bond donors (Lipinski definition) is 0. The highest BCUT2D eigenvalue weighted by molar-refractivity contribution is 6.75. The van der Waals surface area contributed by atoms with Gasteiger partial charge in [-0.25, -0.2) is 0 Å². The zero-order valence-electron chi connectivity index (χ0n) is 27.8. The van der Waals surface area contributed by atoms with Crippen LogP contribution in [-0.4, -0.2) is 87.7 Å². The SMILES string of the molecule is CN(C)CCC(=O)OC[C@H]1O[C@@H](O[Si](C)(C)C(C)(C)C)[C@H](O[Si](C)(C)C(C)(C)C)[C@@H]1O[Si](C)(C)C(C)(C)C. The third-order valence-electron chi connectivity index (χ3n) is 9.13. The summed E-state index contributed by atoms with van der Waals surface area (Å²) in [6, 6.07) is 0. The quantitative estimate of drug-likeness (QED) is 0.189. The number of esters is 1. The number of carbonyl (C=O) groups is 1. The zero-order chi connectivity index (χ0) is 30.1. The minimum Gasteiger partial charge on any atom is -0.463 e. The Balaban J connectivity index is 3.47. The van der Waals surface area contributed by atoms with Crippen LogP contribution in [0.2, 0.25) is 54.4 Å². The molecule has 1 saturated heterocycles. The van der Waals surface area contributed by atoms with E-state index >= 15 is 0 Å². The van der Waals surface area contributed by atoms with Crippen molar-refractivity contribution in [2.45, 2.75) is 148 Å². The Kier molecular flexibility index (Phi) is 11.8. The van der Waals surface area contributed by atoms with Crippen LogP contribution in [0.5, 0.6) is 0 Å². The molecular weight excluding hydrogens is 531 g/mol. The van der Waals surface area contributed by atoms with Crippen molar-refractivity contribution in [3.05, 3.63) is 0 Å². The normalized spacial score (nSPS) is 24.3. The lowest BCUT2D eigenvalue weighted by Gasteiger charge is -2.45. The molecule has 0 aromatic carbocycles. The van der Waals surface area contributed by atoms with Gasteiger partial charge >= 0.3 is 5.97 Å². The van der Waals surface area contributed by atoms with E-state index in [4.69, 9.17) is 22.8 Å². The fourth-order valence-electron chi connectivity index (χ4n) is 3.25. The molecule has 0 saturated carbocycles. The van der Waals surface area contributed by atoms with Crippen molar-refractivity contribution >= 4 is 30.9 Å². The van der Waals surface area contributed by atoms with Gasteiger partial charge in [-0.15, -0.1) is 0 Å². The summed E-state index contributed by atoms with van der Waals surface area (Å²) in [7, 11) is -2.75. The van der Waals surface area contributed by atoms with Crippen molar-refractivity contribution in [2.75, 3.05) is 27.2 Å². The summed E-state index contributed by atoms with van der Waals surface area (Å²) in [5.41, 5.74) is 0. The number of ether oxygens (including phenoxy) is 2. The molecule has 1 rings (SSSR count). The summed E-state index contributed by atoms with van der Waals surface area (Å²) in [4.78, 5) is 14.5. The van der Waals surface area contributed by atoms with Gasteiger partial charge in [0, 0.05) is 6.54 Å². The molecule has 0 bridgehead atoms. The van der Waals surface area contributed by atoms with Gasteiger partial charge in [0.25, 0.3) is 0 Å². The highest BCUT2D eigenvalue weighted by Crippen LogP contribution is 2.46. The molecule has 0 amide bonds. The predicted molar refractivity (Wildman–Crippen MR) is 165 cm³/mol. The second-order valence-electron chi connectivity index (χ2n) is 15.8. The van der Waals surface area contributed by atoms with Crippen LogP contribution in [0, 0.1) is 0 Å². The molecule has 1 heterocycles. The molecule has 0 aromatic rings. The third-order valence-corrected chi connectivity index (χ3v) is 22.5. The molecule has 4 atom stereocenters. The molecule has 1 aliphatic rings. The first kappa shape index (κ1) is 35.9. The maximum Gasteiger partial charge on any atom is 0.307 e. The third kappa shape index (κ3) is 9.50. The van der Waals surface area contributed by atoms with E-state index in [2.05, 4.69) is 102 Å². The van der Waals surface area contributed by atoms with Crippen molar-refractivity contribution in [2.24, 2.45) is 0 Å². The monoisotopic (exact) mass is 591 g/mol. The van der Waals surface area contributed by atoms with E-state index in [1.807, 2.05) is 19.0 Å². The van der Waals surface area contributed by atoms with E-state index in [0.717, 1.165) is 0 Å². The van der Waals surface area contributed by atoms with Crippen molar-refractivity contribution in [3.63, 3.8) is 0 Å². The number of carbonyl (C=O) groups excluding carboxylic acids is 1. The molecule has 0 aliphatic carbocycles. The van der Waals surface area contributed by atoms with Crippen molar-refractivity contribution in [3.8, 4) is 0 Å². The van der Waals surface area contributed by atoms with Gasteiger partial charge in [-0.2, -0.15) is 0 Å². The van der Waals surface area contributed by atoms with E-state index in [1.54, 1.807) is 0 Å². The number of nitrogens with zero attached hydrogens (tertiary/aromatic N) is 1. The molecule has 7 nitrogen and oxygen atoms in total. The van der Waals surface area contributed by atoms with Gasteiger partial charge in [0.05, 0.1) is 6.42 Å². The summed E-state index contributed by atoms with van der Waals surface area (Å²) < 4.78 is 33.4. The summed E-state index contributed by atoms with van der Waals surface area (Å²) in [5.74, 6) is -0.232. The minimum atomic E-state index is -2.22. The average Bonchev–Trinajstić information content (AvgIpc) is 2.96. The minimum absolute atomic E-state index is 0.000164. The molecule has 0 aromatic heterocycles. The Hall–Kier alpha value is -0.0794. The fraction of sp³-hybridized carbons (Fsp3) is 0.964. The van der Waals surface area contributed by atoms with E-state index in [0.29, 0.717) is 13.0 Å². The fourth-order valence-corrected chi connectivity index (χ4v) is 6.97.